The third-order valence-electron chi connectivity index (χ3n) is 11.1. The quantitative estimate of drug-likeness (QED) is 0.130. The lowest BCUT2D eigenvalue weighted by Crippen LogP contribution is -2.45. The van der Waals surface area contributed by atoms with Crippen LogP contribution in [0.15, 0.2) is 79.0 Å². The van der Waals surface area contributed by atoms with Crippen LogP contribution in [0.3, 0.4) is 0 Å². The molecule has 304 valence electrons. The van der Waals surface area contributed by atoms with Crippen LogP contribution in [-0.2, 0) is 33.3 Å². The molecule has 3 aliphatic rings. The van der Waals surface area contributed by atoms with E-state index in [1.807, 2.05) is 0 Å². The molecule has 0 spiro atoms. The van der Waals surface area contributed by atoms with Gasteiger partial charge in [0.05, 0.1) is 34.9 Å². The number of aliphatic carboxylic acids is 1. The van der Waals surface area contributed by atoms with Gasteiger partial charge < -0.3 is 20.9 Å². The number of carbonyl (C=O) groups is 3. The van der Waals surface area contributed by atoms with Gasteiger partial charge in [-0.15, -0.1) is 0 Å². The van der Waals surface area contributed by atoms with Crippen LogP contribution >= 0.6 is 0 Å². The highest BCUT2D eigenvalue weighted by Gasteiger charge is 2.40. The number of sulfone groups is 1. The Morgan fingerprint density at radius 1 is 0.948 bits per heavy atom. The first-order valence-corrected chi connectivity index (χ1v) is 20.4. The highest BCUT2D eigenvalue weighted by atomic mass is 32.2. The number of amides is 2. The molecule has 3 aromatic carbocycles. The Morgan fingerprint density at radius 2 is 1.53 bits per heavy atom. The van der Waals surface area contributed by atoms with Crippen LogP contribution in [0.5, 0.6) is 0 Å². The number of anilines is 2. The molecule has 1 saturated carbocycles. The van der Waals surface area contributed by atoms with E-state index in [9.17, 15) is 36.3 Å². The van der Waals surface area contributed by atoms with Crippen molar-refractivity contribution in [2.45, 2.75) is 55.7 Å². The predicted octanol–water partition coefficient (Wildman–Crippen LogP) is 6.76. The average Bonchev–Trinajstić information content (AvgIpc) is 3.82. The summed E-state index contributed by atoms with van der Waals surface area (Å²) in [4.78, 5) is 48.1. The second kappa shape index (κ2) is 15.2. The molecule has 0 unspecified atom stereocenters. The summed E-state index contributed by atoms with van der Waals surface area (Å²) in [7, 11) is -1.29. The Kier molecular flexibility index (Phi) is 10.6. The number of benzene rings is 3. The van der Waals surface area contributed by atoms with E-state index in [0.717, 1.165) is 76.9 Å². The first-order chi connectivity index (χ1) is 27.3. The number of halogens is 3. The first-order valence-electron chi connectivity index (χ1n) is 18.5. The summed E-state index contributed by atoms with van der Waals surface area (Å²) < 4.78 is 55.8. The Labute approximate surface area is 331 Å². The number of likely N-dealkylation sites (tertiary alicyclic amines) is 1. The molecule has 2 fully saturated rings. The summed E-state index contributed by atoms with van der Waals surface area (Å²) in [6.07, 6.45) is 1.23. The fourth-order valence-electron chi connectivity index (χ4n) is 7.58. The lowest BCUT2D eigenvalue weighted by molar-refractivity contribution is -0.192. The van der Waals surface area contributed by atoms with E-state index in [1.54, 1.807) is 35.2 Å². The number of carboxylic acid groups (broad SMARTS) is 2. The number of nitrogens with one attached hydrogen (secondary N) is 1. The number of rotatable bonds is 8. The highest BCUT2D eigenvalue weighted by Crippen LogP contribution is 2.46. The van der Waals surface area contributed by atoms with E-state index in [1.165, 1.54) is 18.4 Å². The topological polar surface area (TPSA) is 190 Å². The zero-order valence-electron chi connectivity index (χ0n) is 31.6. The van der Waals surface area contributed by atoms with Crippen LogP contribution in [-0.4, -0.2) is 89.3 Å². The summed E-state index contributed by atoms with van der Waals surface area (Å²) in [6, 6.07) is 23.0. The second-order valence-electron chi connectivity index (χ2n) is 15.0. The van der Waals surface area contributed by atoms with E-state index in [0.29, 0.717) is 29.9 Å². The monoisotopic (exact) mass is 818 g/mol. The van der Waals surface area contributed by atoms with Crippen LogP contribution < -0.4 is 15.5 Å². The van der Waals surface area contributed by atoms with Gasteiger partial charge in [-0.3, -0.25) is 14.7 Å². The molecule has 5 aromatic rings. The zero-order valence-corrected chi connectivity index (χ0v) is 32.4. The Bertz CT molecular complexity index is 2500. The number of carboxylic acids is 2. The maximum atomic E-state index is 13.7. The maximum absolute atomic E-state index is 13.7. The van der Waals surface area contributed by atoms with Crippen molar-refractivity contribution in [1.29, 1.82) is 0 Å². The number of hydrogen-bond donors (Lipinski definition) is 4. The van der Waals surface area contributed by atoms with Crippen LogP contribution in [0, 0.1) is 0 Å². The number of urea groups is 1. The van der Waals surface area contributed by atoms with E-state index in [2.05, 4.69) is 58.4 Å². The van der Waals surface area contributed by atoms with Crippen LogP contribution in [0.2, 0.25) is 0 Å². The van der Waals surface area contributed by atoms with Gasteiger partial charge in [0.15, 0.2) is 0 Å². The number of hydrogen-bond acceptors (Lipinski definition) is 8. The van der Waals surface area contributed by atoms with Crippen molar-refractivity contribution in [3.8, 4) is 22.4 Å². The summed E-state index contributed by atoms with van der Waals surface area (Å²) in [5.41, 5.74) is 15.5. The van der Waals surface area contributed by atoms with Gasteiger partial charge in [0, 0.05) is 47.6 Å². The van der Waals surface area contributed by atoms with Gasteiger partial charge in [-0.05, 0) is 85.3 Å². The minimum absolute atomic E-state index is 0.151. The molecule has 0 radical (unpaired) electrons. The molecule has 2 aliphatic heterocycles. The molecule has 1 aliphatic carbocycles. The van der Waals surface area contributed by atoms with Gasteiger partial charge >= 0.3 is 24.1 Å². The maximum Gasteiger partial charge on any atom is 0.490 e. The van der Waals surface area contributed by atoms with Crippen molar-refractivity contribution in [1.82, 2.24) is 14.9 Å². The Balaban J connectivity index is 0.000000672. The second-order valence-corrected chi connectivity index (χ2v) is 17.4. The van der Waals surface area contributed by atoms with Crippen LogP contribution in [0.1, 0.15) is 52.7 Å². The van der Waals surface area contributed by atoms with Gasteiger partial charge in [-0.1, -0.05) is 48.5 Å². The van der Waals surface area contributed by atoms with Gasteiger partial charge in [-0.2, -0.15) is 13.2 Å². The molecule has 13 nitrogen and oxygen atoms in total. The van der Waals surface area contributed by atoms with Crippen molar-refractivity contribution in [2.24, 2.45) is 5.73 Å². The lowest BCUT2D eigenvalue weighted by atomic mass is 9.93. The number of alkyl halides is 3. The van der Waals surface area contributed by atoms with Crippen LogP contribution in [0.25, 0.3) is 33.4 Å². The fourth-order valence-corrected chi connectivity index (χ4v) is 8.65. The van der Waals surface area contributed by atoms with Gasteiger partial charge in [0.2, 0.25) is 0 Å². The molecular weight excluding hydrogens is 778 g/mol. The molecule has 17 heteroatoms. The van der Waals surface area contributed by atoms with E-state index in [4.69, 9.17) is 20.6 Å². The van der Waals surface area contributed by atoms with Crippen molar-refractivity contribution in [3.05, 3.63) is 101 Å². The highest BCUT2D eigenvalue weighted by molar-refractivity contribution is 7.91. The molecule has 2 aromatic heterocycles. The minimum atomic E-state index is -5.08. The number of nitrogens with zero attached hydrogens (tertiary/aromatic N) is 4. The van der Waals surface area contributed by atoms with Crippen molar-refractivity contribution in [3.63, 3.8) is 0 Å². The molecule has 2 amide bonds. The largest absolute Gasteiger partial charge is 0.490 e. The SMILES string of the molecule is CN1C(=O)N(c2ccc(C(=O)O)cc2)Cc2c1cnc1[nH]c(-c3ccc(CN4CCC(S(C)(=O)=O)CC4)cc3)c(-c3ccc(C4(N)CC4)cc3)c21.O=C(O)C(F)(F)F. The van der Waals surface area contributed by atoms with E-state index < -0.39 is 28.0 Å². The Morgan fingerprint density at radius 3 is 2.07 bits per heavy atom. The number of pyridine rings is 1. The third kappa shape index (κ3) is 8.14. The number of aromatic nitrogens is 2. The Hall–Kier alpha value is -5.78. The molecule has 1 saturated heterocycles. The number of aromatic amines is 1. The number of piperidine rings is 1. The summed E-state index contributed by atoms with van der Waals surface area (Å²) in [6.45, 7) is 2.52. The molecule has 8 rings (SSSR count). The van der Waals surface area contributed by atoms with Gasteiger partial charge in [0.1, 0.15) is 15.5 Å². The fraction of sp³-hybridized carbons (Fsp3) is 0.317. The van der Waals surface area contributed by atoms with Gasteiger partial charge in [0.25, 0.3) is 0 Å². The summed E-state index contributed by atoms with van der Waals surface area (Å²) in [5, 5.41) is 17.2. The van der Waals surface area contributed by atoms with E-state index in [-0.39, 0.29) is 28.9 Å². The molecular formula is C41H41F3N6O7S. The smallest absolute Gasteiger partial charge is 0.478 e. The van der Waals surface area contributed by atoms with Gasteiger partial charge in [-0.25, -0.2) is 27.8 Å². The number of fused-ring (bicyclic) bond motifs is 3. The van der Waals surface area contributed by atoms with E-state index >= 15 is 0 Å². The molecule has 4 heterocycles. The van der Waals surface area contributed by atoms with Crippen molar-refractivity contribution < 1.29 is 46.2 Å². The predicted molar refractivity (Wildman–Crippen MR) is 212 cm³/mol. The molecule has 0 atom stereocenters. The lowest BCUT2D eigenvalue weighted by Gasteiger charge is -2.35. The zero-order chi connectivity index (χ0) is 41.7. The summed E-state index contributed by atoms with van der Waals surface area (Å²) >= 11 is 0. The summed E-state index contributed by atoms with van der Waals surface area (Å²) in [5.74, 6) is -3.78. The number of nitrogens with two attached hydrogens (primary N) is 1. The number of H-pyrrole nitrogens is 1. The standard InChI is InChI=1S/C39H40N6O5S.C2HF3O2/c1-43-32-21-41-36-34(31(32)23-45(38(43)48)29-13-9-27(10-14-29)37(46)47)33(25-7-11-28(12-8-25)39(40)17-18-39)35(42-36)26-5-3-24(4-6-26)22-44-19-15-30(16-20-44)51(2,49)50;3-2(4,5)1(6)7/h3-14,21,30H,15-20,22-23,40H2,1-2H3,(H,41,42)(H,46,47);(H,6,7). The normalized spacial score (nSPS) is 17.1. The molecule has 58 heavy (non-hydrogen) atoms. The first kappa shape index (κ1) is 40.4. The van der Waals surface area contributed by atoms with Crippen LogP contribution in [0.4, 0.5) is 29.3 Å². The number of carbonyl (C=O) groups excluding carboxylic acids is 1. The van der Waals surface area contributed by atoms with Crippen molar-refractivity contribution >= 4 is 50.2 Å². The third-order valence-corrected chi connectivity index (χ3v) is 12.8. The minimum Gasteiger partial charge on any atom is -0.478 e. The molecule has 0 bridgehead atoms. The number of aromatic carboxylic acids is 1. The molecule has 5 N–H and O–H groups in total. The average molecular weight is 819 g/mol. The van der Waals surface area contributed by atoms with Crippen molar-refractivity contribution in [2.75, 3.05) is 36.2 Å².